The molecule has 5 heteroatoms. The molecule has 12 heavy (non-hydrogen) atoms. The molecule has 70 valence electrons. The molecule has 0 aliphatic heterocycles. The van der Waals surface area contributed by atoms with Gasteiger partial charge in [-0.2, -0.15) is 0 Å². The Morgan fingerprint density at radius 2 is 2.00 bits per heavy atom. The Balaban J connectivity index is 4.67. The van der Waals surface area contributed by atoms with Crippen LogP contribution in [-0.2, 0) is 4.79 Å². The fourth-order valence-corrected chi connectivity index (χ4v) is 0.830. The summed E-state index contributed by atoms with van der Waals surface area (Å²) in [6.45, 7) is 1.45. The molecule has 0 aromatic rings. The third-order valence-electron chi connectivity index (χ3n) is 1.30. The minimum Gasteiger partial charge on any atom is -0.399 e. The van der Waals surface area contributed by atoms with E-state index < -0.39 is 12.0 Å². The van der Waals surface area contributed by atoms with Crippen molar-refractivity contribution < 1.29 is 9.90 Å². The molecule has 0 radical (unpaired) electrons. The first-order valence-electron chi connectivity index (χ1n) is 3.42. The van der Waals surface area contributed by atoms with Crippen LogP contribution in [0, 0.1) is 0 Å². The summed E-state index contributed by atoms with van der Waals surface area (Å²) in [4.78, 5) is 12.4. The van der Waals surface area contributed by atoms with E-state index in [1.807, 2.05) is 0 Å². The average Bonchev–Trinajstić information content (AvgIpc) is 2.00. The molecule has 4 nitrogen and oxygen atoms in total. The van der Waals surface area contributed by atoms with E-state index in [4.69, 9.17) is 22.4 Å². The van der Waals surface area contributed by atoms with Crippen LogP contribution in [0.15, 0.2) is 10.7 Å². The zero-order valence-electron chi connectivity index (χ0n) is 7.34. The lowest BCUT2D eigenvalue weighted by Gasteiger charge is -2.12. The van der Waals surface area contributed by atoms with Gasteiger partial charge in [-0.15, -0.1) is 0 Å². The summed E-state index contributed by atoms with van der Waals surface area (Å²) in [6.07, 6.45) is -0.901. The third-order valence-corrected chi connectivity index (χ3v) is 1.68. The lowest BCUT2D eigenvalue weighted by Crippen LogP contribution is -2.26. The van der Waals surface area contributed by atoms with Gasteiger partial charge in [0.25, 0.3) is 5.91 Å². The largest absolute Gasteiger partial charge is 0.399 e. The second-order valence-corrected chi connectivity index (χ2v) is 3.02. The fourth-order valence-electron chi connectivity index (χ4n) is 0.503. The Hall–Kier alpha value is -0.740. The van der Waals surface area contributed by atoms with Gasteiger partial charge in [0, 0.05) is 14.1 Å². The SMILES string of the molecule is CC(O)/C(N)=C(/Cl)C(=O)N(C)C. The Labute approximate surface area is 76.6 Å². The number of nitrogens with zero attached hydrogens (tertiary/aromatic N) is 1. The third kappa shape index (κ3) is 2.71. The molecule has 0 aromatic heterocycles. The monoisotopic (exact) mass is 192 g/mol. The molecular formula is C7H13ClN2O2. The number of hydrogen-bond donors (Lipinski definition) is 2. The number of nitrogens with two attached hydrogens (primary N) is 1. The minimum atomic E-state index is -0.901. The van der Waals surface area contributed by atoms with Crippen molar-refractivity contribution in [3.63, 3.8) is 0 Å². The van der Waals surface area contributed by atoms with Crippen molar-refractivity contribution in [2.75, 3.05) is 14.1 Å². The summed E-state index contributed by atoms with van der Waals surface area (Å²) in [5.41, 5.74) is 5.34. The highest BCUT2D eigenvalue weighted by Gasteiger charge is 2.15. The Kier molecular flexibility index (Phi) is 4.06. The summed E-state index contributed by atoms with van der Waals surface area (Å²) < 4.78 is 0. The van der Waals surface area contributed by atoms with Gasteiger partial charge in [0.15, 0.2) is 0 Å². The van der Waals surface area contributed by atoms with Gasteiger partial charge in [-0.3, -0.25) is 4.79 Å². The van der Waals surface area contributed by atoms with Crippen molar-refractivity contribution in [3.8, 4) is 0 Å². The van der Waals surface area contributed by atoms with Crippen LogP contribution in [0.4, 0.5) is 0 Å². The number of aliphatic hydroxyl groups excluding tert-OH is 1. The molecular weight excluding hydrogens is 180 g/mol. The topological polar surface area (TPSA) is 66.6 Å². The van der Waals surface area contributed by atoms with Crippen LogP contribution in [-0.4, -0.2) is 36.1 Å². The van der Waals surface area contributed by atoms with E-state index in [-0.39, 0.29) is 10.7 Å². The van der Waals surface area contributed by atoms with E-state index in [0.717, 1.165) is 0 Å². The van der Waals surface area contributed by atoms with E-state index in [1.54, 1.807) is 14.1 Å². The zero-order chi connectivity index (χ0) is 9.89. The van der Waals surface area contributed by atoms with Crippen LogP contribution >= 0.6 is 11.6 Å². The van der Waals surface area contributed by atoms with Crippen LogP contribution in [0.3, 0.4) is 0 Å². The predicted octanol–water partition coefficient (Wildman–Crippen LogP) is -0.136. The first-order chi connectivity index (χ1) is 5.37. The lowest BCUT2D eigenvalue weighted by atomic mass is 10.2. The second-order valence-electron chi connectivity index (χ2n) is 2.64. The zero-order valence-corrected chi connectivity index (χ0v) is 8.09. The summed E-state index contributed by atoms with van der Waals surface area (Å²) in [5.74, 6) is -0.407. The van der Waals surface area contributed by atoms with Gasteiger partial charge < -0.3 is 15.7 Å². The maximum Gasteiger partial charge on any atom is 0.266 e. The molecule has 0 fully saturated rings. The van der Waals surface area contributed by atoms with Crippen molar-refractivity contribution in [1.29, 1.82) is 0 Å². The number of aliphatic hydroxyl groups is 1. The number of halogens is 1. The summed E-state index contributed by atoms with van der Waals surface area (Å²) in [6, 6.07) is 0. The van der Waals surface area contributed by atoms with Crippen molar-refractivity contribution in [2.45, 2.75) is 13.0 Å². The Bertz CT molecular complexity index is 211. The van der Waals surface area contributed by atoms with Crippen molar-refractivity contribution in [3.05, 3.63) is 10.7 Å². The molecule has 0 aliphatic carbocycles. The number of rotatable bonds is 2. The van der Waals surface area contributed by atoms with Crippen LogP contribution < -0.4 is 5.73 Å². The van der Waals surface area contributed by atoms with Crippen LogP contribution in [0.2, 0.25) is 0 Å². The van der Waals surface area contributed by atoms with E-state index in [0.29, 0.717) is 0 Å². The maximum atomic E-state index is 11.1. The minimum absolute atomic E-state index is 0.00429. The Morgan fingerprint density at radius 3 is 2.25 bits per heavy atom. The number of hydrogen-bond acceptors (Lipinski definition) is 3. The van der Waals surface area contributed by atoms with Crippen LogP contribution in [0.25, 0.3) is 0 Å². The van der Waals surface area contributed by atoms with Gasteiger partial charge in [-0.05, 0) is 6.92 Å². The first-order valence-corrected chi connectivity index (χ1v) is 3.80. The number of carbonyl (C=O) groups excluding carboxylic acids is 1. The molecule has 0 aliphatic rings. The van der Waals surface area contributed by atoms with Crippen molar-refractivity contribution in [2.24, 2.45) is 5.73 Å². The van der Waals surface area contributed by atoms with Gasteiger partial charge in [0.05, 0.1) is 11.8 Å². The van der Waals surface area contributed by atoms with E-state index in [2.05, 4.69) is 0 Å². The molecule has 0 bridgehead atoms. The molecule has 1 amide bonds. The molecule has 3 N–H and O–H groups in total. The predicted molar refractivity (Wildman–Crippen MR) is 47.4 cm³/mol. The molecule has 1 unspecified atom stereocenters. The highest BCUT2D eigenvalue weighted by molar-refractivity contribution is 6.42. The fraction of sp³-hybridized carbons (Fsp3) is 0.571. The van der Waals surface area contributed by atoms with Gasteiger partial charge in [-0.25, -0.2) is 0 Å². The smallest absolute Gasteiger partial charge is 0.266 e. The molecule has 0 spiro atoms. The van der Waals surface area contributed by atoms with Gasteiger partial charge in [-0.1, -0.05) is 11.6 Å². The van der Waals surface area contributed by atoms with Crippen LogP contribution in [0.5, 0.6) is 0 Å². The molecule has 0 heterocycles. The Morgan fingerprint density at radius 1 is 1.58 bits per heavy atom. The van der Waals surface area contributed by atoms with E-state index >= 15 is 0 Å². The van der Waals surface area contributed by atoms with Crippen molar-refractivity contribution in [1.82, 2.24) is 4.90 Å². The number of carbonyl (C=O) groups is 1. The van der Waals surface area contributed by atoms with Crippen LogP contribution in [0.1, 0.15) is 6.92 Å². The number of amides is 1. The molecule has 1 atom stereocenters. The van der Waals surface area contributed by atoms with Gasteiger partial charge >= 0.3 is 0 Å². The van der Waals surface area contributed by atoms with Crippen molar-refractivity contribution >= 4 is 17.5 Å². The van der Waals surface area contributed by atoms with Gasteiger partial charge in [0.2, 0.25) is 0 Å². The highest BCUT2D eigenvalue weighted by atomic mass is 35.5. The average molecular weight is 193 g/mol. The lowest BCUT2D eigenvalue weighted by molar-refractivity contribution is -0.124. The highest BCUT2D eigenvalue weighted by Crippen LogP contribution is 2.10. The summed E-state index contributed by atoms with van der Waals surface area (Å²) >= 11 is 5.58. The van der Waals surface area contributed by atoms with Gasteiger partial charge in [0.1, 0.15) is 5.03 Å². The first kappa shape index (κ1) is 11.3. The number of likely N-dealkylation sites (N-methyl/N-ethyl adjacent to an activating group) is 1. The summed E-state index contributed by atoms with van der Waals surface area (Å²) in [5, 5.41) is 8.85. The second kappa shape index (κ2) is 4.33. The molecule has 0 rings (SSSR count). The summed E-state index contributed by atoms with van der Waals surface area (Å²) in [7, 11) is 3.11. The normalized spacial score (nSPS) is 15.1. The maximum absolute atomic E-state index is 11.1. The van der Waals surface area contributed by atoms with E-state index in [1.165, 1.54) is 11.8 Å². The molecule has 0 aromatic carbocycles. The van der Waals surface area contributed by atoms with E-state index in [9.17, 15) is 4.79 Å². The quantitative estimate of drug-likeness (QED) is 0.599. The molecule has 0 saturated carbocycles. The molecule has 0 saturated heterocycles. The standard InChI is InChI=1S/C7H13ClN2O2/c1-4(11)6(9)5(8)7(12)10(2)3/h4,11H,9H2,1-3H3/b6-5-.